The average molecular weight is 422 g/mol. The third kappa shape index (κ3) is 4.79. The smallest absolute Gasteiger partial charge is 0.243 e. The summed E-state index contributed by atoms with van der Waals surface area (Å²) in [4.78, 5) is 16.4. The average Bonchev–Trinajstić information content (AvgIpc) is 3.14. The molecule has 0 unspecified atom stereocenters. The van der Waals surface area contributed by atoms with E-state index in [0.717, 1.165) is 34.7 Å². The first-order valence-electron chi connectivity index (χ1n) is 9.59. The van der Waals surface area contributed by atoms with Crippen LogP contribution in [-0.2, 0) is 21.4 Å². The molecule has 1 aliphatic rings. The molecule has 1 N–H and O–H groups in total. The number of nitrogens with zero attached hydrogens (tertiary/aromatic N) is 2. The van der Waals surface area contributed by atoms with Crippen molar-refractivity contribution in [1.82, 2.24) is 14.6 Å². The normalized spacial score (nSPS) is 18.2. The standard InChI is InChI=1S/C20H27N3O3S2/c1-4-19(24)21-11-17-13-27-20(22-17)16-6-5-7-23(12-16)28(25,26)18-9-14(2)8-15(3)10-18/h8-10,13,16H,4-7,11-12H2,1-3H3,(H,21,24)/t16-/m0/s1. The number of sulfonamides is 1. The van der Waals surface area contributed by atoms with E-state index in [9.17, 15) is 13.2 Å². The Morgan fingerprint density at radius 1 is 1.29 bits per heavy atom. The van der Waals surface area contributed by atoms with Gasteiger partial charge >= 0.3 is 0 Å². The number of carbonyl (C=O) groups excluding carboxylic acids is 1. The number of aromatic nitrogens is 1. The zero-order chi connectivity index (χ0) is 20.3. The van der Waals surface area contributed by atoms with Crippen LogP contribution < -0.4 is 5.32 Å². The van der Waals surface area contributed by atoms with E-state index in [1.54, 1.807) is 27.8 Å². The summed E-state index contributed by atoms with van der Waals surface area (Å²) in [5, 5.41) is 5.72. The Morgan fingerprint density at radius 2 is 2.00 bits per heavy atom. The van der Waals surface area contributed by atoms with Gasteiger partial charge in [-0.25, -0.2) is 13.4 Å². The molecule has 3 rings (SSSR count). The zero-order valence-electron chi connectivity index (χ0n) is 16.6. The maximum atomic E-state index is 13.1. The summed E-state index contributed by atoms with van der Waals surface area (Å²) in [5.74, 6) is 0.0907. The molecule has 8 heteroatoms. The number of hydrogen-bond acceptors (Lipinski definition) is 5. The fraction of sp³-hybridized carbons (Fsp3) is 0.500. The second-order valence-electron chi connectivity index (χ2n) is 7.33. The molecular formula is C20H27N3O3S2. The molecule has 152 valence electrons. The number of nitrogens with one attached hydrogen (secondary N) is 1. The third-order valence-corrected chi connectivity index (χ3v) is 7.82. The van der Waals surface area contributed by atoms with Crippen molar-refractivity contribution < 1.29 is 13.2 Å². The zero-order valence-corrected chi connectivity index (χ0v) is 18.2. The predicted octanol–water partition coefficient (Wildman–Crippen LogP) is 3.35. The van der Waals surface area contributed by atoms with Gasteiger partial charge in [-0.15, -0.1) is 11.3 Å². The highest BCUT2D eigenvalue weighted by molar-refractivity contribution is 7.89. The van der Waals surface area contributed by atoms with Crippen molar-refractivity contribution >= 4 is 27.3 Å². The first-order valence-corrected chi connectivity index (χ1v) is 11.9. The fourth-order valence-electron chi connectivity index (χ4n) is 3.50. The van der Waals surface area contributed by atoms with Crippen LogP contribution in [0.1, 0.15) is 53.9 Å². The van der Waals surface area contributed by atoms with Gasteiger partial charge < -0.3 is 5.32 Å². The number of hydrogen-bond donors (Lipinski definition) is 1. The van der Waals surface area contributed by atoms with E-state index in [-0.39, 0.29) is 11.8 Å². The molecule has 6 nitrogen and oxygen atoms in total. The number of piperidine rings is 1. The molecule has 1 atom stereocenters. The Morgan fingerprint density at radius 3 is 2.68 bits per heavy atom. The van der Waals surface area contributed by atoms with E-state index in [1.165, 1.54) is 0 Å². The highest BCUT2D eigenvalue weighted by Gasteiger charge is 2.32. The lowest BCUT2D eigenvalue weighted by Crippen LogP contribution is -2.39. The summed E-state index contributed by atoms with van der Waals surface area (Å²) >= 11 is 1.54. The number of carbonyl (C=O) groups is 1. The van der Waals surface area contributed by atoms with Gasteiger partial charge in [-0.2, -0.15) is 4.31 Å². The van der Waals surface area contributed by atoms with Gasteiger partial charge in [0, 0.05) is 30.8 Å². The first-order chi connectivity index (χ1) is 13.3. The molecule has 0 bridgehead atoms. The summed E-state index contributed by atoms with van der Waals surface area (Å²) in [6.07, 6.45) is 2.19. The van der Waals surface area contributed by atoms with Crippen molar-refractivity contribution in [1.29, 1.82) is 0 Å². The maximum Gasteiger partial charge on any atom is 0.243 e. The van der Waals surface area contributed by atoms with Crippen LogP contribution in [0, 0.1) is 13.8 Å². The molecule has 28 heavy (non-hydrogen) atoms. The van der Waals surface area contributed by atoms with Crippen LogP contribution in [0.5, 0.6) is 0 Å². The van der Waals surface area contributed by atoms with Crippen molar-refractivity contribution in [2.24, 2.45) is 0 Å². The molecule has 1 saturated heterocycles. The van der Waals surface area contributed by atoms with Gasteiger partial charge in [0.1, 0.15) is 0 Å². The Bertz CT molecular complexity index is 933. The molecule has 0 saturated carbocycles. The third-order valence-electron chi connectivity index (χ3n) is 4.92. The summed E-state index contributed by atoms with van der Waals surface area (Å²) in [5.41, 5.74) is 2.73. The molecule has 1 aromatic heterocycles. The number of aryl methyl sites for hydroxylation is 2. The molecular weight excluding hydrogens is 394 g/mol. The molecule has 0 radical (unpaired) electrons. The van der Waals surface area contributed by atoms with Crippen molar-refractivity contribution in [3.05, 3.63) is 45.4 Å². The highest BCUT2D eigenvalue weighted by atomic mass is 32.2. The van der Waals surface area contributed by atoms with E-state index in [1.807, 2.05) is 32.2 Å². The lowest BCUT2D eigenvalue weighted by Gasteiger charge is -2.31. The molecule has 1 fully saturated rings. The van der Waals surface area contributed by atoms with Gasteiger partial charge in [-0.1, -0.05) is 13.0 Å². The van der Waals surface area contributed by atoms with Gasteiger partial charge in [0.25, 0.3) is 0 Å². The summed E-state index contributed by atoms with van der Waals surface area (Å²) < 4.78 is 27.9. The van der Waals surface area contributed by atoms with Crippen LogP contribution in [0.3, 0.4) is 0 Å². The molecule has 0 aliphatic carbocycles. The van der Waals surface area contributed by atoms with Crippen molar-refractivity contribution in [3.8, 4) is 0 Å². The lowest BCUT2D eigenvalue weighted by molar-refractivity contribution is -0.120. The molecule has 2 heterocycles. The van der Waals surface area contributed by atoms with Crippen LogP contribution in [0.15, 0.2) is 28.5 Å². The quantitative estimate of drug-likeness (QED) is 0.776. The molecule has 0 spiro atoms. The van der Waals surface area contributed by atoms with Gasteiger partial charge in [-0.3, -0.25) is 4.79 Å². The summed E-state index contributed by atoms with van der Waals surface area (Å²) in [7, 11) is -3.51. The van der Waals surface area contributed by atoms with Crippen molar-refractivity contribution in [3.63, 3.8) is 0 Å². The molecule has 1 aliphatic heterocycles. The first kappa shape index (κ1) is 21.0. The van der Waals surface area contributed by atoms with E-state index in [4.69, 9.17) is 0 Å². The predicted molar refractivity (Wildman–Crippen MR) is 111 cm³/mol. The topological polar surface area (TPSA) is 79.4 Å². The van der Waals surface area contributed by atoms with Crippen LogP contribution in [0.25, 0.3) is 0 Å². The lowest BCUT2D eigenvalue weighted by atomic mass is 10.0. The second-order valence-corrected chi connectivity index (χ2v) is 10.2. The van der Waals surface area contributed by atoms with Crippen molar-refractivity contribution in [2.45, 2.75) is 57.4 Å². The Hall–Kier alpha value is -1.77. The Kier molecular flexibility index (Phi) is 6.52. The van der Waals surface area contributed by atoms with Crippen LogP contribution >= 0.6 is 11.3 Å². The van der Waals surface area contributed by atoms with Crippen molar-refractivity contribution in [2.75, 3.05) is 13.1 Å². The van der Waals surface area contributed by atoms with Crippen LogP contribution in [0.2, 0.25) is 0 Å². The number of benzene rings is 1. The highest BCUT2D eigenvalue weighted by Crippen LogP contribution is 2.32. The second kappa shape index (κ2) is 8.71. The minimum atomic E-state index is -3.51. The van der Waals surface area contributed by atoms with Gasteiger partial charge in [0.05, 0.1) is 22.1 Å². The molecule has 2 aromatic rings. The maximum absolute atomic E-state index is 13.1. The van der Waals surface area contributed by atoms with Crippen LogP contribution in [0.4, 0.5) is 0 Å². The number of amides is 1. The Balaban J connectivity index is 1.73. The molecule has 1 amide bonds. The van der Waals surface area contributed by atoms with Crippen LogP contribution in [-0.4, -0.2) is 36.7 Å². The van der Waals surface area contributed by atoms with E-state index in [2.05, 4.69) is 10.3 Å². The monoisotopic (exact) mass is 421 g/mol. The van der Waals surface area contributed by atoms with Gasteiger partial charge in [0.15, 0.2) is 0 Å². The fourth-order valence-corrected chi connectivity index (χ4v) is 6.16. The largest absolute Gasteiger partial charge is 0.350 e. The Labute approximate surface area is 171 Å². The summed E-state index contributed by atoms with van der Waals surface area (Å²) in [6, 6.07) is 5.46. The van der Waals surface area contributed by atoms with Gasteiger partial charge in [-0.05, 0) is 49.9 Å². The van der Waals surface area contributed by atoms with E-state index < -0.39 is 10.0 Å². The minimum absolute atomic E-state index is 0.00191. The van der Waals surface area contributed by atoms with Gasteiger partial charge in [0.2, 0.25) is 15.9 Å². The number of thiazole rings is 1. The summed E-state index contributed by atoms with van der Waals surface area (Å²) in [6.45, 7) is 7.05. The van der Waals surface area contributed by atoms with E-state index >= 15 is 0 Å². The molecule has 1 aromatic carbocycles. The van der Waals surface area contributed by atoms with E-state index in [0.29, 0.717) is 31.0 Å². The number of rotatable bonds is 6. The minimum Gasteiger partial charge on any atom is -0.350 e. The SMILES string of the molecule is CCC(=O)NCc1csc([C@H]2CCCN(S(=O)(=O)c3cc(C)cc(C)c3)C2)n1.